The van der Waals surface area contributed by atoms with Crippen LogP contribution < -0.4 is 9.47 Å². The monoisotopic (exact) mass is 335 g/mol. The number of rotatable bonds is 5. The first-order chi connectivity index (χ1) is 11.1. The Hall–Kier alpha value is -1.99. The van der Waals surface area contributed by atoms with Crippen molar-refractivity contribution in [1.82, 2.24) is 4.31 Å². The van der Waals surface area contributed by atoms with Crippen molar-refractivity contribution in [1.29, 1.82) is 0 Å². The van der Waals surface area contributed by atoms with Gasteiger partial charge in [-0.15, -0.1) is 0 Å². The van der Waals surface area contributed by atoms with E-state index in [0.717, 1.165) is 12.8 Å². The van der Waals surface area contributed by atoms with Crippen molar-refractivity contribution in [2.45, 2.75) is 30.3 Å². The highest BCUT2D eigenvalue weighted by Crippen LogP contribution is 2.37. The zero-order valence-electron chi connectivity index (χ0n) is 12.5. The number of furan rings is 1. The van der Waals surface area contributed by atoms with Crippen molar-refractivity contribution in [2.75, 3.05) is 13.2 Å². The van der Waals surface area contributed by atoms with E-state index < -0.39 is 10.0 Å². The van der Waals surface area contributed by atoms with Gasteiger partial charge in [0.1, 0.15) is 19.0 Å². The lowest BCUT2D eigenvalue weighted by molar-refractivity contribution is 0.171. The molecular formula is C16H17NO5S. The van der Waals surface area contributed by atoms with E-state index in [4.69, 9.17) is 13.9 Å². The predicted molar refractivity (Wildman–Crippen MR) is 81.9 cm³/mol. The molecule has 1 fully saturated rings. The van der Waals surface area contributed by atoms with E-state index in [0.29, 0.717) is 30.5 Å². The Labute approximate surface area is 134 Å². The summed E-state index contributed by atoms with van der Waals surface area (Å²) in [5, 5.41) is 0. The van der Waals surface area contributed by atoms with Crippen LogP contribution in [-0.2, 0) is 16.6 Å². The Kier molecular flexibility index (Phi) is 3.54. The van der Waals surface area contributed by atoms with Gasteiger partial charge in [-0.05, 0) is 37.1 Å². The molecule has 7 heteroatoms. The van der Waals surface area contributed by atoms with Gasteiger partial charge in [0.05, 0.1) is 17.7 Å². The molecule has 1 aromatic carbocycles. The average molecular weight is 335 g/mol. The van der Waals surface area contributed by atoms with Crippen molar-refractivity contribution >= 4 is 10.0 Å². The van der Waals surface area contributed by atoms with Gasteiger partial charge in [-0.3, -0.25) is 0 Å². The van der Waals surface area contributed by atoms with Crippen LogP contribution in [0.15, 0.2) is 45.9 Å². The van der Waals surface area contributed by atoms with Gasteiger partial charge in [0, 0.05) is 12.1 Å². The van der Waals surface area contributed by atoms with Gasteiger partial charge < -0.3 is 13.9 Å². The maximum Gasteiger partial charge on any atom is 0.243 e. The number of sulfonamides is 1. The fourth-order valence-electron chi connectivity index (χ4n) is 2.65. The minimum absolute atomic E-state index is 0.0401. The minimum Gasteiger partial charge on any atom is -0.486 e. The number of nitrogens with zero attached hydrogens (tertiary/aromatic N) is 1. The van der Waals surface area contributed by atoms with Gasteiger partial charge >= 0.3 is 0 Å². The third-order valence-corrected chi connectivity index (χ3v) is 5.86. The summed E-state index contributed by atoms with van der Waals surface area (Å²) in [6.07, 6.45) is 3.31. The quantitative estimate of drug-likeness (QED) is 0.839. The fourth-order valence-corrected chi connectivity index (χ4v) is 4.32. The molecule has 23 heavy (non-hydrogen) atoms. The van der Waals surface area contributed by atoms with Gasteiger partial charge in [-0.2, -0.15) is 4.31 Å². The molecule has 1 saturated carbocycles. The molecule has 0 unspecified atom stereocenters. The summed E-state index contributed by atoms with van der Waals surface area (Å²) in [6, 6.07) is 8.35. The molecule has 1 aliphatic carbocycles. The molecular weight excluding hydrogens is 318 g/mol. The maximum atomic E-state index is 13.0. The normalized spacial score (nSPS) is 17.4. The maximum absolute atomic E-state index is 13.0. The smallest absolute Gasteiger partial charge is 0.243 e. The molecule has 6 nitrogen and oxygen atoms in total. The van der Waals surface area contributed by atoms with Crippen LogP contribution in [0.25, 0.3) is 0 Å². The summed E-state index contributed by atoms with van der Waals surface area (Å²) >= 11 is 0. The van der Waals surface area contributed by atoms with E-state index in [2.05, 4.69) is 0 Å². The molecule has 2 heterocycles. The van der Waals surface area contributed by atoms with E-state index in [9.17, 15) is 8.42 Å². The minimum atomic E-state index is -3.61. The average Bonchev–Trinajstić information content (AvgIpc) is 3.27. The number of hydrogen-bond acceptors (Lipinski definition) is 5. The highest BCUT2D eigenvalue weighted by molar-refractivity contribution is 7.89. The Bertz CT molecular complexity index is 796. The molecule has 0 spiro atoms. The Balaban J connectivity index is 1.67. The van der Waals surface area contributed by atoms with Crippen LogP contribution in [0.5, 0.6) is 11.5 Å². The number of benzene rings is 1. The second-order valence-electron chi connectivity index (χ2n) is 5.67. The summed E-state index contributed by atoms with van der Waals surface area (Å²) in [4.78, 5) is 0.222. The fraction of sp³-hybridized carbons (Fsp3) is 0.375. The van der Waals surface area contributed by atoms with Crippen molar-refractivity contribution in [2.24, 2.45) is 0 Å². The second kappa shape index (κ2) is 5.58. The summed E-state index contributed by atoms with van der Waals surface area (Å²) < 4.78 is 43.8. The molecule has 122 valence electrons. The lowest BCUT2D eigenvalue weighted by Gasteiger charge is -2.23. The number of ether oxygens (including phenoxy) is 2. The molecule has 0 bridgehead atoms. The van der Waals surface area contributed by atoms with Crippen molar-refractivity contribution in [3.8, 4) is 11.5 Å². The molecule has 1 aliphatic heterocycles. The van der Waals surface area contributed by atoms with E-state index in [1.165, 1.54) is 4.31 Å². The van der Waals surface area contributed by atoms with E-state index in [1.807, 2.05) is 0 Å². The largest absolute Gasteiger partial charge is 0.486 e. The summed E-state index contributed by atoms with van der Waals surface area (Å²) in [5.74, 6) is 1.70. The van der Waals surface area contributed by atoms with Crippen molar-refractivity contribution in [3.63, 3.8) is 0 Å². The molecule has 1 aromatic heterocycles. The standard InChI is InChI=1S/C16H17NO5S/c18-23(19,14-5-6-15-16(10-14)22-9-8-21-15)17(12-3-4-12)11-13-2-1-7-20-13/h1-2,5-7,10,12H,3-4,8-9,11H2. The summed E-state index contributed by atoms with van der Waals surface area (Å²) in [6.45, 7) is 1.15. The zero-order chi connectivity index (χ0) is 15.9. The van der Waals surface area contributed by atoms with Crippen LogP contribution in [0, 0.1) is 0 Å². The lowest BCUT2D eigenvalue weighted by atomic mass is 10.3. The molecule has 4 rings (SSSR count). The summed E-state index contributed by atoms with van der Waals surface area (Å²) in [5.41, 5.74) is 0. The van der Waals surface area contributed by atoms with E-state index in [1.54, 1.807) is 36.6 Å². The third-order valence-electron chi connectivity index (χ3n) is 3.97. The van der Waals surface area contributed by atoms with Crippen LogP contribution in [0.1, 0.15) is 18.6 Å². The van der Waals surface area contributed by atoms with Gasteiger partial charge in [-0.25, -0.2) is 8.42 Å². The number of hydrogen-bond donors (Lipinski definition) is 0. The van der Waals surface area contributed by atoms with E-state index >= 15 is 0 Å². The highest BCUT2D eigenvalue weighted by Gasteiger charge is 2.39. The molecule has 0 N–H and O–H groups in total. The van der Waals surface area contributed by atoms with Crippen LogP contribution in [0.2, 0.25) is 0 Å². The van der Waals surface area contributed by atoms with Crippen LogP contribution in [-0.4, -0.2) is 32.0 Å². The molecule has 0 atom stereocenters. The molecule has 0 radical (unpaired) electrons. The van der Waals surface area contributed by atoms with E-state index in [-0.39, 0.29) is 17.5 Å². The first-order valence-corrected chi connectivity index (χ1v) is 9.02. The Morgan fingerprint density at radius 3 is 2.57 bits per heavy atom. The summed E-state index contributed by atoms with van der Waals surface area (Å²) in [7, 11) is -3.61. The van der Waals surface area contributed by atoms with Gasteiger partial charge in [-0.1, -0.05) is 0 Å². The van der Waals surface area contributed by atoms with Gasteiger partial charge in [0.15, 0.2) is 11.5 Å². The molecule has 0 saturated heterocycles. The van der Waals surface area contributed by atoms with Gasteiger partial charge in [0.2, 0.25) is 10.0 Å². The first-order valence-electron chi connectivity index (χ1n) is 7.58. The van der Waals surface area contributed by atoms with Crippen LogP contribution in [0.4, 0.5) is 0 Å². The van der Waals surface area contributed by atoms with Gasteiger partial charge in [0.25, 0.3) is 0 Å². The van der Waals surface area contributed by atoms with Crippen LogP contribution in [0.3, 0.4) is 0 Å². The van der Waals surface area contributed by atoms with Crippen molar-refractivity contribution in [3.05, 3.63) is 42.4 Å². The molecule has 2 aliphatic rings. The SMILES string of the molecule is O=S(=O)(c1ccc2c(c1)OCCO2)N(Cc1ccco1)C1CC1. The molecule has 0 amide bonds. The Morgan fingerprint density at radius 1 is 1.09 bits per heavy atom. The van der Waals surface area contributed by atoms with Crippen LogP contribution >= 0.6 is 0 Å². The zero-order valence-corrected chi connectivity index (χ0v) is 13.3. The topological polar surface area (TPSA) is 69.0 Å². The molecule has 2 aromatic rings. The highest BCUT2D eigenvalue weighted by atomic mass is 32.2. The van der Waals surface area contributed by atoms with Crippen molar-refractivity contribution < 1.29 is 22.3 Å². The third kappa shape index (κ3) is 2.82. The second-order valence-corrected chi connectivity index (χ2v) is 7.56. The Morgan fingerprint density at radius 2 is 1.87 bits per heavy atom. The predicted octanol–water partition coefficient (Wildman–Crippen LogP) is 2.40. The number of fused-ring (bicyclic) bond motifs is 1. The first kappa shape index (κ1) is 14.6. The lowest BCUT2D eigenvalue weighted by Crippen LogP contribution is -2.32.